The minimum Gasteiger partial charge on any atom is -0.308 e. The Balaban J connectivity index is 3.16. The summed E-state index contributed by atoms with van der Waals surface area (Å²) in [5, 5.41) is 8.17. The minimum absolute atomic E-state index is 0.0629. The Morgan fingerprint density at radius 3 is 2.33 bits per heavy atom. The van der Waals surface area contributed by atoms with E-state index in [0.717, 1.165) is 0 Å². The van der Waals surface area contributed by atoms with Gasteiger partial charge in [-0.15, -0.1) is 0 Å². The SMILES string of the molecule is Cc1cc(S(N)(=O)=O)cc(CNC(C)(C)C)c1F. The van der Waals surface area contributed by atoms with Crippen LogP contribution >= 0.6 is 0 Å². The Kier molecular flexibility index (Phi) is 4.15. The molecule has 18 heavy (non-hydrogen) atoms. The van der Waals surface area contributed by atoms with Crippen LogP contribution in [0.25, 0.3) is 0 Å². The van der Waals surface area contributed by atoms with E-state index in [2.05, 4.69) is 5.32 Å². The van der Waals surface area contributed by atoms with Crippen LogP contribution in [0.15, 0.2) is 17.0 Å². The number of sulfonamides is 1. The number of hydrogen-bond acceptors (Lipinski definition) is 3. The second kappa shape index (κ2) is 4.95. The van der Waals surface area contributed by atoms with Gasteiger partial charge in [-0.2, -0.15) is 0 Å². The predicted molar refractivity (Wildman–Crippen MR) is 69.1 cm³/mol. The van der Waals surface area contributed by atoms with E-state index in [1.54, 1.807) is 0 Å². The molecule has 0 aromatic heterocycles. The van der Waals surface area contributed by atoms with E-state index in [1.165, 1.54) is 19.1 Å². The first kappa shape index (κ1) is 15.1. The topological polar surface area (TPSA) is 72.2 Å². The highest BCUT2D eigenvalue weighted by molar-refractivity contribution is 7.89. The van der Waals surface area contributed by atoms with Crippen molar-refractivity contribution in [3.63, 3.8) is 0 Å². The van der Waals surface area contributed by atoms with E-state index >= 15 is 0 Å². The van der Waals surface area contributed by atoms with Gasteiger partial charge in [0.2, 0.25) is 10.0 Å². The van der Waals surface area contributed by atoms with Crippen molar-refractivity contribution < 1.29 is 12.8 Å². The number of aryl methyl sites for hydroxylation is 1. The maximum Gasteiger partial charge on any atom is 0.238 e. The molecule has 0 fully saturated rings. The average molecular weight is 274 g/mol. The van der Waals surface area contributed by atoms with Crippen molar-refractivity contribution in [3.05, 3.63) is 29.1 Å². The van der Waals surface area contributed by atoms with Crippen molar-refractivity contribution in [1.29, 1.82) is 0 Å². The van der Waals surface area contributed by atoms with Gasteiger partial charge in [0.1, 0.15) is 5.82 Å². The van der Waals surface area contributed by atoms with Gasteiger partial charge in [0.05, 0.1) is 4.90 Å². The van der Waals surface area contributed by atoms with Gasteiger partial charge in [-0.3, -0.25) is 0 Å². The Morgan fingerprint density at radius 1 is 1.33 bits per heavy atom. The van der Waals surface area contributed by atoms with Gasteiger partial charge >= 0.3 is 0 Å². The van der Waals surface area contributed by atoms with E-state index in [0.29, 0.717) is 5.56 Å². The molecule has 4 nitrogen and oxygen atoms in total. The molecule has 0 aliphatic rings. The number of nitrogens with two attached hydrogens (primary N) is 1. The lowest BCUT2D eigenvalue weighted by Crippen LogP contribution is -2.35. The highest BCUT2D eigenvalue weighted by Crippen LogP contribution is 2.19. The smallest absolute Gasteiger partial charge is 0.238 e. The summed E-state index contributed by atoms with van der Waals surface area (Å²) in [4.78, 5) is -0.0629. The lowest BCUT2D eigenvalue weighted by molar-refractivity contribution is 0.418. The molecule has 0 aliphatic heterocycles. The largest absolute Gasteiger partial charge is 0.308 e. The van der Waals surface area contributed by atoms with Gasteiger partial charge in [-0.1, -0.05) is 0 Å². The second-order valence-corrected chi connectivity index (χ2v) is 6.92. The van der Waals surface area contributed by atoms with Gasteiger partial charge in [-0.05, 0) is 45.4 Å². The molecule has 0 unspecified atom stereocenters. The molecule has 1 aromatic carbocycles. The third-order valence-corrected chi connectivity index (χ3v) is 3.33. The Labute approximate surface area is 107 Å². The number of nitrogens with one attached hydrogen (secondary N) is 1. The average Bonchev–Trinajstić information content (AvgIpc) is 2.17. The van der Waals surface area contributed by atoms with Gasteiger partial charge in [-0.25, -0.2) is 17.9 Å². The number of benzene rings is 1. The van der Waals surface area contributed by atoms with Crippen molar-refractivity contribution in [2.75, 3.05) is 0 Å². The van der Waals surface area contributed by atoms with Crippen molar-refractivity contribution in [3.8, 4) is 0 Å². The van der Waals surface area contributed by atoms with Crippen LogP contribution in [0, 0.1) is 12.7 Å². The summed E-state index contributed by atoms with van der Waals surface area (Å²) in [6, 6.07) is 2.52. The zero-order chi connectivity index (χ0) is 14.1. The van der Waals surface area contributed by atoms with E-state index in [-0.39, 0.29) is 22.5 Å². The Morgan fingerprint density at radius 2 is 1.89 bits per heavy atom. The van der Waals surface area contributed by atoms with Crippen LogP contribution in [0.4, 0.5) is 4.39 Å². The maximum atomic E-state index is 13.9. The van der Waals surface area contributed by atoms with Crippen molar-refractivity contribution in [2.45, 2.75) is 44.7 Å². The third kappa shape index (κ3) is 4.04. The van der Waals surface area contributed by atoms with Crippen LogP contribution < -0.4 is 10.5 Å². The zero-order valence-electron chi connectivity index (χ0n) is 11.0. The summed E-state index contributed by atoms with van der Waals surface area (Å²) in [6.07, 6.45) is 0. The molecule has 3 N–H and O–H groups in total. The molecule has 0 atom stereocenters. The number of halogens is 1. The fourth-order valence-electron chi connectivity index (χ4n) is 1.46. The minimum atomic E-state index is -3.81. The number of rotatable bonds is 3. The predicted octanol–water partition coefficient (Wildman–Crippen LogP) is 1.67. The standard InChI is InChI=1S/C12H19FN2O2S/c1-8-5-10(18(14,16)17)6-9(11(8)13)7-15-12(2,3)4/h5-6,15H,7H2,1-4H3,(H2,14,16,17). The van der Waals surface area contributed by atoms with Crippen LogP contribution in [0.3, 0.4) is 0 Å². The van der Waals surface area contributed by atoms with Crippen molar-refractivity contribution >= 4 is 10.0 Å². The summed E-state index contributed by atoms with van der Waals surface area (Å²) in [5.74, 6) is -0.404. The summed E-state index contributed by atoms with van der Waals surface area (Å²) in [7, 11) is -3.81. The molecule has 0 amide bonds. The molecule has 0 aliphatic carbocycles. The molecule has 0 heterocycles. The van der Waals surface area contributed by atoms with Gasteiger partial charge in [0, 0.05) is 17.6 Å². The van der Waals surface area contributed by atoms with Gasteiger partial charge in [0.25, 0.3) is 0 Å². The van der Waals surface area contributed by atoms with E-state index < -0.39 is 15.8 Å². The first-order chi connectivity index (χ1) is 8.00. The monoisotopic (exact) mass is 274 g/mol. The normalized spacial score (nSPS) is 12.8. The highest BCUT2D eigenvalue weighted by Gasteiger charge is 2.16. The van der Waals surface area contributed by atoms with Crippen LogP contribution in [0.5, 0.6) is 0 Å². The number of primary sulfonamides is 1. The summed E-state index contributed by atoms with van der Waals surface area (Å²) >= 11 is 0. The molecule has 0 bridgehead atoms. The zero-order valence-corrected chi connectivity index (χ0v) is 11.9. The van der Waals surface area contributed by atoms with Crippen molar-refractivity contribution in [1.82, 2.24) is 5.32 Å². The third-order valence-electron chi connectivity index (χ3n) is 2.44. The molecule has 102 valence electrons. The summed E-state index contributed by atoms with van der Waals surface area (Å²) in [6.45, 7) is 7.61. The number of hydrogen-bond donors (Lipinski definition) is 2. The quantitative estimate of drug-likeness (QED) is 0.880. The Bertz CT molecular complexity index is 548. The first-order valence-corrected chi connectivity index (χ1v) is 7.12. The Hall–Kier alpha value is -0.980. The molecule has 1 rings (SSSR count). The molecular weight excluding hydrogens is 255 g/mol. The summed E-state index contributed by atoms with van der Waals surface area (Å²) in [5.41, 5.74) is 0.388. The van der Waals surface area contributed by atoms with Gasteiger partial charge in [0.15, 0.2) is 0 Å². The molecule has 6 heteroatoms. The molecule has 0 radical (unpaired) electrons. The van der Waals surface area contributed by atoms with E-state index in [9.17, 15) is 12.8 Å². The van der Waals surface area contributed by atoms with Crippen LogP contribution in [-0.2, 0) is 16.6 Å². The lowest BCUT2D eigenvalue weighted by Gasteiger charge is -2.21. The lowest BCUT2D eigenvalue weighted by atomic mass is 10.1. The molecule has 0 saturated carbocycles. The highest BCUT2D eigenvalue weighted by atomic mass is 32.2. The molecular formula is C12H19FN2O2S. The maximum absolute atomic E-state index is 13.9. The molecule has 1 aromatic rings. The molecule has 0 saturated heterocycles. The van der Waals surface area contributed by atoms with Crippen molar-refractivity contribution in [2.24, 2.45) is 5.14 Å². The van der Waals surface area contributed by atoms with E-state index in [1.807, 2.05) is 20.8 Å². The molecule has 0 spiro atoms. The summed E-state index contributed by atoms with van der Waals surface area (Å²) < 4.78 is 36.4. The first-order valence-electron chi connectivity index (χ1n) is 5.57. The van der Waals surface area contributed by atoms with Crippen LogP contribution in [0.1, 0.15) is 31.9 Å². The van der Waals surface area contributed by atoms with Crippen LogP contribution in [-0.4, -0.2) is 14.0 Å². The van der Waals surface area contributed by atoms with Crippen LogP contribution in [0.2, 0.25) is 0 Å². The van der Waals surface area contributed by atoms with E-state index in [4.69, 9.17) is 5.14 Å². The fourth-order valence-corrected chi connectivity index (χ4v) is 2.11. The van der Waals surface area contributed by atoms with Gasteiger partial charge < -0.3 is 5.32 Å². The fraction of sp³-hybridized carbons (Fsp3) is 0.500. The second-order valence-electron chi connectivity index (χ2n) is 5.36.